The first kappa shape index (κ1) is 15.4. The lowest BCUT2D eigenvalue weighted by Crippen LogP contribution is -2.06. The van der Waals surface area contributed by atoms with E-state index < -0.39 is 0 Å². The Bertz CT molecular complexity index is 890. The molecule has 0 spiro atoms. The average molecular weight is 320 g/mol. The lowest BCUT2D eigenvalue weighted by Gasteiger charge is -2.08. The van der Waals surface area contributed by atoms with Crippen LogP contribution < -0.4 is 10.6 Å². The van der Waals surface area contributed by atoms with E-state index in [4.69, 9.17) is 5.26 Å². The first-order valence-corrected chi connectivity index (χ1v) is 7.19. The quantitative estimate of drug-likeness (QED) is 0.750. The average Bonchev–Trinajstić information content (AvgIpc) is 2.61. The molecular formula is C17H13FN6. The third kappa shape index (κ3) is 3.81. The van der Waals surface area contributed by atoms with Crippen molar-refractivity contribution in [2.24, 2.45) is 0 Å². The molecule has 0 unspecified atom stereocenters. The highest BCUT2D eigenvalue weighted by molar-refractivity contribution is 5.56. The summed E-state index contributed by atoms with van der Waals surface area (Å²) in [4.78, 5) is 4.27. The molecule has 0 bridgehead atoms. The van der Waals surface area contributed by atoms with Crippen molar-refractivity contribution in [3.05, 3.63) is 71.7 Å². The molecule has 24 heavy (non-hydrogen) atoms. The molecule has 0 saturated heterocycles. The van der Waals surface area contributed by atoms with E-state index in [1.165, 1.54) is 12.3 Å². The molecule has 2 N–H and O–H groups in total. The zero-order chi connectivity index (χ0) is 16.8. The summed E-state index contributed by atoms with van der Waals surface area (Å²) in [6.07, 6.45) is 1.46. The molecule has 2 aromatic carbocycles. The van der Waals surface area contributed by atoms with Crippen LogP contribution in [-0.4, -0.2) is 15.2 Å². The zero-order valence-electron chi connectivity index (χ0n) is 12.6. The van der Waals surface area contributed by atoms with Gasteiger partial charge in [0.15, 0.2) is 5.82 Å². The third-order valence-corrected chi connectivity index (χ3v) is 3.22. The number of nitrogens with one attached hydrogen (secondary N) is 2. The molecule has 3 aromatic rings. The van der Waals surface area contributed by atoms with Crippen LogP contribution in [0.25, 0.3) is 0 Å². The van der Waals surface area contributed by atoms with Crippen LogP contribution in [0.3, 0.4) is 0 Å². The molecular weight excluding hydrogens is 307 g/mol. The zero-order valence-corrected chi connectivity index (χ0v) is 12.6. The Labute approximate surface area is 138 Å². The van der Waals surface area contributed by atoms with Crippen LogP contribution in [0.4, 0.5) is 21.8 Å². The Balaban J connectivity index is 1.70. The van der Waals surface area contributed by atoms with Gasteiger partial charge in [0, 0.05) is 17.8 Å². The monoisotopic (exact) mass is 320 g/mol. The fraction of sp³-hybridized carbons (Fsp3) is 0.0588. The van der Waals surface area contributed by atoms with E-state index in [2.05, 4.69) is 31.9 Å². The molecule has 0 amide bonds. The Hall–Kier alpha value is -3.53. The van der Waals surface area contributed by atoms with E-state index >= 15 is 0 Å². The summed E-state index contributed by atoms with van der Waals surface area (Å²) in [5, 5.41) is 22.6. The fourth-order valence-electron chi connectivity index (χ4n) is 2.06. The van der Waals surface area contributed by atoms with Crippen LogP contribution in [0.5, 0.6) is 0 Å². The first-order chi connectivity index (χ1) is 11.7. The summed E-state index contributed by atoms with van der Waals surface area (Å²) in [6, 6.07) is 15.5. The predicted molar refractivity (Wildman–Crippen MR) is 88.0 cm³/mol. The molecule has 6 nitrogen and oxygen atoms in total. The number of benzene rings is 2. The Morgan fingerprint density at radius 3 is 2.83 bits per heavy atom. The summed E-state index contributed by atoms with van der Waals surface area (Å²) in [7, 11) is 0. The van der Waals surface area contributed by atoms with Gasteiger partial charge in [-0.2, -0.15) is 15.3 Å². The van der Waals surface area contributed by atoms with Crippen LogP contribution in [0.15, 0.2) is 54.7 Å². The maximum atomic E-state index is 13.6. The molecule has 7 heteroatoms. The van der Waals surface area contributed by atoms with E-state index in [1.807, 2.05) is 0 Å². The lowest BCUT2D eigenvalue weighted by molar-refractivity contribution is 0.613. The third-order valence-electron chi connectivity index (χ3n) is 3.22. The van der Waals surface area contributed by atoms with E-state index in [0.717, 1.165) is 0 Å². The molecule has 0 fully saturated rings. The van der Waals surface area contributed by atoms with Crippen LogP contribution in [0.1, 0.15) is 11.1 Å². The molecule has 0 aliphatic heterocycles. The Morgan fingerprint density at radius 2 is 2.00 bits per heavy atom. The minimum Gasteiger partial charge on any atom is -0.364 e. The fourth-order valence-corrected chi connectivity index (χ4v) is 2.06. The molecule has 1 heterocycles. The lowest BCUT2D eigenvalue weighted by atomic mass is 10.2. The number of hydrogen-bond acceptors (Lipinski definition) is 6. The minimum atomic E-state index is -0.279. The molecule has 1 aromatic heterocycles. The van der Waals surface area contributed by atoms with Crippen LogP contribution >= 0.6 is 0 Å². The summed E-state index contributed by atoms with van der Waals surface area (Å²) < 4.78 is 13.6. The van der Waals surface area contributed by atoms with Crippen molar-refractivity contribution in [1.82, 2.24) is 15.2 Å². The van der Waals surface area contributed by atoms with Crippen molar-refractivity contribution in [3.8, 4) is 6.07 Å². The number of nitrogens with zero attached hydrogens (tertiary/aromatic N) is 4. The molecule has 118 valence electrons. The summed E-state index contributed by atoms with van der Waals surface area (Å²) >= 11 is 0. The van der Waals surface area contributed by atoms with Gasteiger partial charge in [-0.1, -0.05) is 24.3 Å². The number of nitriles is 1. The highest BCUT2D eigenvalue weighted by Crippen LogP contribution is 2.15. The Morgan fingerprint density at radius 1 is 1.12 bits per heavy atom. The van der Waals surface area contributed by atoms with Gasteiger partial charge in [-0.15, -0.1) is 5.10 Å². The molecule has 0 atom stereocenters. The summed E-state index contributed by atoms with van der Waals surface area (Å²) in [6.45, 7) is 0.286. The summed E-state index contributed by atoms with van der Waals surface area (Å²) in [5.74, 6) is 0.467. The van der Waals surface area contributed by atoms with Gasteiger partial charge in [-0.3, -0.25) is 0 Å². The predicted octanol–water partition coefficient (Wildman–Crippen LogP) is 3.24. The van der Waals surface area contributed by atoms with Gasteiger partial charge in [0.25, 0.3) is 0 Å². The smallest absolute Gasteiger partial charge is 0.249 e. The van der Waals surface area contributed by atoms with E-state index in [-0.39, 0.29) is 18.3 Å². The van der Waals surface area contributed by atoms with Gasteiger partial charge < -0.3 is 10.6 Å². The number of aromatic nitrogens is 3. The van der Waals surface area contributed by atoms with E-state index in [9.17, 15) is 4.39 Å². The van der Waals surface area contributed by atoms with Crippen LogP contribution in [0.2, 0.25) is 0 Å². The topological polar surface area (TPSA) is 86.5 Å². The molecule has 0 aliphatic rings. The van der Waals surface area contributed by atoms with Crippen molar-refractivity contribution in [2.75, 3.05) is 10.6 Å². The SMILES string of the molecule is N#Cc1cccc(Nc2nncc(NCc3ccccc3F)n2)c1. The van der Waals surface area contributed by atoms with Gasteiger partial charge in [0.05, 0.1) is 17.8 Å². The number of anilines is 3. The molecule has 3 rings (SSSR count). The van der Waals surface area contributed by atoms with Crippen molar-refractivity contribution in [1.29, 1.82) is 5.26 Å². The Kier molecular flexibility index (Phi) is 4.58. The second kappa shape index (κ2) is 7.15. The first-order valence-electron chi connectivity index (χ1n) is 7.19. The van der Waals surface area contributed by atoms with E-state index in [0.29, 0.717) is 22.6 Å². The van der Waals surface area contributed by atoms with Gasteiger partial charge >= 0.3 is 0 Å². The molecule has 0 radical (unpaired) electrons. The van der Waals surface area contributed by atoms with Crippen molar-refractivity contribution in [2.45, 2.75) is 6.54 Å². The normalized spacial score (nSPS) is 10.0. The largest absolute Gasteiger partial charge is 0.364 e. The molecule has 0 aliphatic carbocycles. The van der Waals surface area contributed by atoms with Crippen molar-refractivity contribution < 1.29 is 4.39 Å². The highest BCUT2D eigenvalue weighted by Gasteiger charge is 2.04. The van der Waals surface area contributed by atoms with E-state index in [1.54, 1.807) is 42.5 Å². The second-order valence-corrected chi connectivity index (χ2v) is 4.93. The maximum absolute atomic E-state index is 13.6. The number of rotatable bonds is 5. The van der Waals surface area contributed by atoms with Crippen molar-refractivity contribution >= 4 is 17.5 Å². The number of hydrogen-bond donors (Lipinski definition) is 2. The number of halogens is 1. The van der Waals surface area contributed by atoms with Crippen LogP contribution in [-0.2, 0) is 6.54 Å². The standard InChI is InChI=1S/C17H13FN6/c18-15-7-2-1-5-13(15)10-20-16-11-21-24-17(23-16)22-14-6-3-4-12(8-14)9-19/h1-8,11H,10H2,(H2,20,22,23,24). The minimum absolute atomic E-state index is 0.279. The highest BCUT2D eigenvalue weighted by atomic mass is 19.1. The van der Waals surface area contributed by atoms with Crippen LogP contribution in [0, 0.1) is 17.1 Å². The van der Waals surface area contributed by atoms with Gasteiger partial charge in [0.2, 0.25) is 5.95 Å². The van der Waals surface area contributed by atoms with Gasteiger partial charge in [0.1, 0.15) is 5.82 Å². The van der Waals surface area contributed by atoms with Gasteiger partial charge in [-0.25, -0.2) is 4.39 Å². The molecule has 0 saturated carbocycles. The van der Waals surface area contributed by atoms with Crippen molar-refractivity contribution in [3.63, 3.8) is 0 Å². The summed E-state index contributed by atoms with van der Waals surface area (Å²) in [5.41, 5.74) is 1.75. The van der Waals surface area contributed by atoms with Gasteiger partial charge in [-0.05, 0) is 24.3 Å². The maximum Gasteiger partial charge on any atom is 0.249 e. The second-order valence-electron chi connectivity index (χ2n) is 4.93.